The summed E-state index contributed by atoms with van der Waals surface area (Å²) in [5, 5.41) is 5.36. The fourth-order valence-electron chi connectivity index (χ4n) is 2.12. The van der Waals surface area contributed by atoms with Crippen molar-refractivity contribution in [2.75, 3.05) is 0 Å². The molecule has 0 radical (unpaired) electrons. The molecule has 0 aliphatic rings. The minimum absolute atomic E-state index is 0.402. The predicted molar refractivity (Wildman–Crippen MR) is 75.5 cm³/mol. The average Bonchev–Trinajstić information content (AvgIpc) is 2.48. The molecule has 0 aliphatic heterocycles. The number of rotatable bonds is 1. The van der Waals surface area contributed by atoms with Gasteiger partial charge in [-0.25, -0.2) is 0 Å². The molecule has 0 atom stereocenters. The van der Waals surface area contributed by atoms with E-state index in [0.29, 0.717) is 16.5 Å². The fraction of sp³-hybridized carbons (Fsp3) is 0.0667. The molecular weight excluding hydrogens is 254 g/mol. The maximum Gasteiger partial charge on any atom is 0.281 e. The van der Waals surface area contributed by atoms with Crippen LogP contribution in [0.4, 0.5) is 0 Å². The van der Waals surface area contributed by atoms with Gasteiger partial charge >= 0.3 is 0 Å². The normalized spacial score (nSPS) is 10.7. The van der Waals surface area contributed by atoms with Gasteiger partial charge in [0.2, 0.25) is 5.91 Å². The standard InChI is InChI=1S/C15H11N3O2/c1-10(19)18-15(20)13-7-3-2-6-12(13)14(17-18)11-5-4-8-16-9-11/h2-9H,1H3. The Balaban J connectivity index is 2.46. The Morgan fingerprint density at radius 2 is 1.85 bits per heavy atom. The van der Waals surface area contributed by atoms with Gasteiger partial charge in [0, 0.05) is 30.3 Å². The van der Waals surface area contributed by atoms with Gasteiger partial charge < -0.3 is 0 Å². The number of carbonyl (C=O) groups excluding carboxylic acids is 1. The molecule has 20 heavy (non-hydrogen) atoms. The lowest BCUT2D eigenvalue weighted by Gasteiger charge is -2.08. The zero-order valence-electron chi connectivity index (χ0n) is 10.8. The number of hydrogen-bond acceptors (Lipinski definition) is 4. The van der Waals surface area contributed by atoms with E-state index in [1.54, 1.807) is 30.6 Å². The molecule has 5 heteroatoms. The third-order valence-electron chi connectivity index (χ3n) is 3.04. The third kappa shape index (κ3) is 1.89. The van der Waals surface area contributed by atoms with Gasteiger partial charge in [-0.1, -0.05) is 18.2 Å². The lowest BCUT2D eigenvalue weighted by atomic mass is 10.1. The van der Waals surface area contributed by atoms with Crippen molar-refractivity contribution in [3.8, 4) is 11.3 Å². The summed E-state index contributed by atoms with van der Waals surface area (Å²) < 4.78 is 0.894. The molecule has 0 amide bonds. The molecular formula is C15H11N3O2. The summed E-state index contributed by atoms with van der Waals surface area (Å²) >= 11 is 0. The van der Waals surface area contributed by atoms with E-state index in [9.17, 15) is 9.59 Å². The highest BCUT2D eigenvalue weighted by Crippen LogP contribution is 2.23. The number of aromatic nitrogens is 3. The fourth-order valence-corrected chi connectivity index (χ4v) is 2.12. The molecule has 0 bridgehead atoms. The zero-order chi connectivity index (χ0) is 14.1. The molecule has 0 fully saturated rings. The Morgan fingerprint density at radius 1 is 1.10 bits per heavy atom. The summed E-state index contributed by atoms with van der Waals surface area (Å²) in [6, 6.07) is 10.7. The Morgan fingerprint density at radius 3 is 2.50 bits per heavy atom. The van der Waals surface area contributed by atoms with Crippen LogP contribution in [-0.4, -0.2) is 20.7 Å². The van der Waals surface area contributed by atoms with Gasteiger partial charge in [-0.15, -0.1) is 0 Å². The summed E-state index contributed by atoms with van der Waals surface area (Å²) in [5.41, 5.74) is 0.933. The smallest absolute Gasteiger partial charge is 0.273 e. The van der Waals surface area contributed by atoms with Crippen LogP contribution in [0.2, 0.25) is 0 Å². The van der Waals surface area contributed by atoms with Crippen molar-refractivity contribution >= 4 is 16.7 Å². The molecule has 0 unspecified atom stereocenters. The second-order valence-corrected chi connectivity index (χ2v) is 4.37. The highest BCUT2D eigenvalue weighted by Gasteiger charge is 2.13. The van der Waals surface area contributed by atoms with Crippen LogP contribution in [0.1, 0.15) is 11.7 Å². The molecule has 3 aromatic rings. The quantitative estimate of drug-likeness (QED) is 0.676. The van der Waals surface area contributed by atoms with Crippen LogP contribution in [0.25, 0.3) is 22.0 Å². The number of fused-ring (bicyclic) bond motifs is 1. The summed E-state index contributed by atoms with van der Waals surface area (Å²) in [5.74, 6) is -0.411. The van der Waals surface area contributed by atoms with Crippen molar-refractivity contribution in [2.45, 2.75) is 6.92 Å². The molecule has 0 saturated carbocycles. The monoisotopic (exact) mass is 265 g/mol. The second kappa shape index (κ2) is 4.70. The first-order valence-electron chi connectivity index (χ1n) is 6.12. The van der Waals surface area contributed by atoms with Gasteiger partial charge in [0.15, 0.2) is 0 Å². The van der Waals surface area contributed by atoms with Crippen LogP contribution in [0.3, 0.4) is 0 Å². The minimum atomic E-state index is -0.411. The van der Waals surface area contributed by atoms with E-state index < -0.39 is 11.5 Å². The molecule has 1 aromatic carbocycles. The van der Waals surface area contributed by atoms with Crippen LogP contribution >= 0.6 is 0 Å². The van der Waals surface area contributed by atoms with Gasteiger partial charge in [-0.05, 0) is 18.2 Å². The summed E-state index contributed by atoms with van der Waals surface area (Å²) in [7, 11) is 0. The second-order valence-electron chi connectivity index (χ2n) is 4.37. The number of pyridine rings is 1. The van der Waals surface area contributed by atoms with Gasteiger partial charge in [-0.3, -0.25) is 14.6 Å². The van der Waals surface area contributed by atoms with E-state index in [1.165, 1.54) is 6.92 Å². The van der Waals surface area contributed by atoms with Crippen LogP contribution in [0.15, 0.2) is 53.6 Å². The van der Waals surface area contributed by atoms with Crippen molar-refractivity contribution < 1.29 is 4.79 Å². The summed E-state index contributed by atoms with van der Waals surface area (Å²) in [4.78, 5) is 27.8. The molecule has 0 spiro atoms. The first kappa shape index (κ1) is 12.2. The van der Waals surface area contributed by atoms with E-state index in [4.69, 9.17) is 0 Å². The third-order valence-corrected chi connectivity index (χ3v) is 3.04. The average molecular weight is 265 g/mol. The lowest BCUT2D eigenvalue weighted by molar-refractivity contribution is 0.0916. The van der Waals surface area contributed by atoms with Gasteiger partial charge in [0.1, 0.15) is 5.69 Å². The Labute approximate surface area is 114 Å². The molecule has 0 aliphatic carbocycles. The van der Waals surface area contributed by atoms with Crippen LogP contribution in [-0.2, 0) is 0 Å². The minimum Gasteiger partial charge on any atom is -0.273 e. The zero-order valence-corrected chi connectivity index (χ0v) is 10.8. The molecule has 5 nitrogen and oxygen atoms in total. The van der Waals surface area contributed by atoms with Crippen molar-refractivity contribution in [1.82, 2.24) is 14.8 Å². The summed E-state index contributed by atoms with van der Waals surface area (Å²) in [6.45, 7) is 1.32. The lowest BCUT2D eigenvalue weighted by Crippen LogP contribution is -2.28. The Bertz CT molecular complexity index is 854. The van der Waals surface area contributed by atoms with E-state index in [-0.39, 0.29) is 0 Å². The van der Waals surface area contributed by atoms with E-state index >= 15 is 0 Å². The molecule has 2 aromatic heterocycles. The molecule has 2 heterocycles. The maximum atomic E-state index is 12.2. The maximum absolute atomic E-state index is 12.2. The highest BCUT2D eigenvalue weighted by atomic mass is 16.2. The van der Waals surface area contributed by atoms with Crippen molar-refractivity contribution in [3.05, 3.63) is 59.1 Å². The molecule has 0 N–H and O–H groups in total. The van der Waals surface area contributed by atoms with Gasteiger partial charge in [0.25, 0.3) is 5.56 Å². The number of nitrogens with zero attached hydrogens (tertiary/aromatic N) is 3. The largest absolute Gasteiger partial charge is 0.281 e. The van der Waals surface area contributed by atoms with E-state index in [1.807, 2.05) is 18.2 Å². The first-order valence-corrected chi connectivity index (χ1v) is 6.12. The van der Waals surface area contributed by atoms with E-state index in [0.717, 1.165) is 10.2 Å². The number of carbonyl (C=O) groups is 1. The molecule has 0 saturated heterocycles. The van der Waals surface area contributed by atoms with Crippen molar-refractivity contribution in [3.63, 3.8) is 0 Å². The predicted octanol–water partition coefficient (Wildman–Crippen LogP) is 2.12. The van der Waals surface area contributed by atoms with Crippen molar-refractivity contribution in [1.29, 1.82) is 0 Å². The Hall–Kier alpha value is -2.82. The Kier molecular flexibility index (Phi) is 2.87. The number of hydrogen-bond donors (Lipinski definition) is 0. The van der Waals surface area contributed by atoms with Gasteiger partial charge in [-0.2, -0.15) is 9.78 Å². The van der Waals surface area contributed by atoms with Crippen LogP contribution in [0, 0.1) is 0 Å². The first-order chi connectivity index (χ1) is 9.68. The molecule has 98 valence electrons. The highest BCUT2D eigenvalue weighted by molar-refractivity contribution is 5.94. The topological polar surface area (TPSA) is 64.8 Å². The van der Waals surface area contributed by atoms with Gasteiger partial charge in [0.05, 0.1) is 5.39 Å². The number of benzene rings is 1. The SMILES string of the molecule is CC(=O)n1nc(-c2cccnc2)c2ccccc2c1=O. The van der Waals surface area contributed by atoms with Crippen LogP contribution in [0.5, 0.6) is 0 Å². The van der Waals surface area contributed by atoms with Crippen LogP contribution < -0.4 is 5.56 Å². The summed E-state index contributed by atoms with van der Waals surface area (Å²) in [6.07, 6.45) is 3.32. The van der Waals surface area contributed by atoms with Crippen molar-refractivity contribution in [2.24, 2.45) is 0 Å². The molecule has 3 rings (SSSR count). The van der Waals surface area contributed by atoms with E-state index in [2.05, 4.69) is 10.1 Å².